The molecule has 0 aliphatic carbocycles. The first kappa shape index (κ1) is 15.4. The van der Waals surface area contributed by atoms with Gasteiger partial charge in [-0.15, -0.1) is 0 Å². The van der Waals surface area contributed by atoms with Gasteiger partial charge in [0.1, 0.15) is 5.69 Å². The third-order valence-corrected chi connectivity index (χ3v) is 3.84. The molecular formula is C15H22N4O2. The van der Waals surface area contributed by atoms with Crippen LogP contribution < -0.4 is 5.32 Å². The molecule has 0 saturated carbocycles. The highest BCUT2D eigenvalue weighted by atomic mass is 16.2. The van der Waals surface area contributed by atoms with Gasteiger partial charge in [-0.05, 0) is 25.6 Å². The minimum absolute atomic E-state index is 0.0284. The molecule has 6 heteroatoms. The summed E-state index contributed by atoms with van der Waals surface area (Å²) in [6.45, 7) is 4.33. The highest BCUT2D eigenvalue weighted by molar-refractivity contribution is 5.94. The molecule has 0 unspecified atom stereocenters. The van der Waals surface area contributed by atoms with E-state index in [2.05, 4.69) is 15.2 Å². The van der Waals surface area contributed by atoms with E-state index >= 15 is 0 Å². The summed E-state index contributed by atoms with van der Waals surface area (Å²) < 4.78 is 0. The second-order valence-electron chi connectivity index (χ2n) is 5.49. The van der Waals surface area contributed by atoms with E-state index in [1.807, 2.05) is 26.1 Å². The number of nitrogens with zero attached hydrogens (tertiary/aromatic N) is 3. The number of hydrogen-bond acceptors (Lipinski definition) is 4. The fraction of sp³-hybridized carbons (Fsp3) is 0.533. The number of rotatable bonds is 2. The molecule has 1 N–H and O–H groups in total. The van der Waals surface area contributed by atoms with E-state index in [-0.39, 0.29) is 17.7 Å². The van der Waals surface area contributed by atoms with Gasteiger partial charge in [-0.1, -0.05) is 6.07 Å². The summed E-state index contributed by atoms with van der Waals surface area (Å²) in [5.74, 6) is -0.341. The molecule has 1 fully saturated rings. The Hall–Kier alpha value is -1.95. The zero-order chi connectivity index (χ0) is 15.4. The van der Waals surface area contributed by atoms with Crippen LogP contribution in [0.4, 0.5) is 0 Å². The number of nitrogens with one attached hydrogen (secondary N) is 1. The van der Waals surface area contributed by atoms with Crippen LogP contribution >= 0.6 is 0 Å². The summed E-state index contributed by atoms with van der Waals surface area (Å²) in [5, 5.41) is 2.67. The van der Waals surface area contributed by atoms with E-state index in [4.69, 9.17) is 0 Å². The Morgan fingerprint density at radius 2 is 2.10 bits per heavy atom. The Morgan fingerprint density at radius 3 is 2.76 bits per heavy atom. The topological polar surface area (TPSA) is 65.5 Å². The summed E-state index contributed by atoms with van der Waals surface area (Å²) in [6.07, 6.45) is 1.63. The van der Waals surface area contributed by atoms with Gasteiger partial charge in [-0.2, -0.15) is 0 Å². The third kappa shape index (κ3) is 3.58. The standard InChI is InChI=1S/C15H22N4O2/c1-11-5-4-6-17-13(11)15(21)19-8-7-18(3)9-12(10-19)14(20)16-2/h4-6,12H,7-10H2,1-3H3,(H,16,20)/t12-/m1/s1. The molecule has 2 amide bonds. The van der Waals surface area contributed by atoms with Crippen LogP contribution in [-0.4, -0.2) is 66.9 Å². The average molecular weight is 290 g/mol. The van der Waals surface area contributed by atoms with Crippen LogP contribution in [0.3, 0.4) is 0 Å². The highest BCUT2D eigenvalue weighted by Gasteiger charge is 2.29. The lowest BCUT2D eigenvalue weighted by molar-refractivity contribution is -0.125. The molecular weight excluding hydrogens is 268 g/mol. The number of pyridine rings is 1. The van der Waals surface area contributed by atoms with Crippen LogP contribution in [0.15, 0.2) is 18.3 Å². The molecule has 114 valence electrons. The summed E-state index contributed by atoms with van der Waals surface area (Å²) in [7, 11) is 3.60. The number of aromatic nitrogens is 1. The van der Waals surface area contributed by atoms with Gasteiger partial charge in [0.25, 0.3) is 5.91 Å². The Morgan fingerprint density at radius 1 is 1.33 bits per heavy atom. The van der Waals surface area contributed by atoms with Crippen molar-refractivity contribution in [2.45, 2.75) is 6.92 Å². The van der Waals surface area contributed by atoms with Crippen LogP contribution in [0.2, 0.25) is 0 Å². The highest BCUT2D eigenvalue weighted by Crippen LogP contribution is 2.13. The molecule has 1 atom stereocenters. The molecule has 1 aliphatic rings. The first-order chi connectivity index (χ1) is 10.0. The predicted octanol–water partition coefficient (Wildman–Crippen LogP) is 0.140. The first-order valence-electron chi connectivity index (χ1n) is 7.14. The van der Waals surface area contributed by atoms with Crippen LogP contribution in [-0.2, 0) is 4.79 Å². The van der Waals surface area contributed by atoms with Crippen molar-refractivity contribution in [3.8, 4) is 0 Å². The van der Waals surface area contributed by atoms with Crippen LogP contribution in [0.5, 0.6) is 0 Å². The van der Waals surface area contributed by atoms with E-state index in [0.29, 0.717) is 25.3 Å². The van der Waals surface area contributed by atoms with Crippen molar-refractivity contribution < 1.29 is 9.59 Å². The van der Waals surface area contributed by atoms with E-state index in [9.17, 15) is 9.59 Å². The van der Waals surface area contributed by atoms with Gasteiger partial charge >= 0.3 is 0 Å². The van der Waals surface area contributed by atoms with Gasteiger partial charge in [0.15, 0.2) is 0 Å². The average Bonchev–Trinajstić information content (AvgIpc) is 2.68. The number of carbonyl (C=O) groups is 2. The van der Waals surface area contributed by atoms with Gasteiger partial charge in [0.2, 0.25) is 5.91 Å². The van der Waals surface area contributed by atoms with Gasteiger partial charge in [0, 0.05) is 39.4 Å². The fourth-order valence-corrected chi connectivity index (χ4v) is 2.59. The summed E-state index contributed by atoms with van der Waals surface area (Å²) in [4.78, 5) is 32.6. The zero-order valence-corrected chi connectivity index (χ0v) is 12.8. The molecule has 2 rings (SSSR count). The maximum atomic E-state index is 12.6. The molecule has 0 aromatic carbocycles. The minimum Gasteiger partial charge on any atom is -0.359 e. The maximum absolute atomic E-state index is 12.6. The van der Waals surface area contributed by atoms with Crippen molar-refractivity contribution in [2.75, 3.05) is 40.3 Å². The van der Waals surface area contributed by atoms with Gasteiger partial charge in [0.05, 0.1) is 5.92 Å². The van der Waals surface area contributed by atoms with Crippen molar-refractivity contribution in [1.82, 2.24) is 20.1 Å². The number of aryl methyl sites for hydroxylation is 1. The Labute approximate surface area is 125 Å². The van der Waals surface area contributed by atoms with Gasteiger partial charge in [-0.25, -0.2) is 0 Å². The summed E-state index contributed by atoms with van der Waals surface area (Å²) >= 11 is 0. The second kappa shape index (κ2) is 6.67. The first-order valence-corrected chi connectivity index (χ1v) is 7.14. The van der Waals surface area contributed by atoms with Gasteiger partial charge in [-0.3, -0.25) is 14.6 Å². The smallest absolute Gasteiger partial charge is 0.272 e. The molecule has 0 bridgehead atoms. The van der Waals surface area contributed by atoms with Crippen molar-refractivity contribution in [2.24, 2.45) is 5.92 Å². The lowest BCUT2D eigenvalue weighted by atomic mass is 10.1. The quantitative estimate of drug-likeness (QED) is 0.841. The Bertz CT molecular complexity index is 532. The molecule has 0 radical (unpaired) electrons. The van der Waals surface area contributed by atoms with Crippen molar-refractivity contribution in [3.63, 3.8) is 0 Å². The molecule has 6 nitrogen and oxygen atoms in total. The molecule has 1 aromatic rings. The van der Waals surface area contributed by atoms with Crippen LogP contribution in [0.25, 0.3) is 0 Å². The van der Waals surface area contributed by atoms with Crippen LogP contribution in [0.1, 0.15) is 16.1 Å². The molecule has 0 spiro atoms. The van der Waals surface area contributed by atoms with Crippen molar-refractivity contribution in [3.05, 3.63) is 29.6 Å². The molecule has 1 aliphatic heterocycles. The maximum Gasteiger partial charge on any atom is 0.272 e. The Balaban J connectivity index is 2.20. The zero-order valence-electron chi connectivity index (χ0n) is 12.8. The largest absolute Gasteiger partial charge is 0.359 e. The predicted molar refractivity (Wildman–Crippen MR) is 79.9 cm³/mol. The van der Waals surface area contributed by atoms with Crippen LogP contribution in [0, 0.1) is 12.8 Å². The SMILES string of the molecule is CNC(=O)[C@@H]1CN(C)CCN(C(=O)c2ncccc2C)C1. The van der Waals surface area contributed by atoms with E-state index in [1.165, 1.54) is 0 Å². The fourth-order valence-electron chi connectivity index (χ4n) is 2.59. The Kier molecular flexibility index (Phi) is 4.90. The lowest BCUT2D eigenvalue weighted by Gasteiger charge is -2.23. The third-order valence-electron chi connectivity index (χ3n) is 3.84. The van der Waals surface area contributed by atoms with Crippen molar-refractivity contribution >= 4 is 11.8 Å². The molecule has 2 heterocycles. The number of amides is 2. The van der Waals surface area contributed by atoms with E-state index in [0.717, 1.165) is 12.1 Å². The van der Waals surface area contributed by atoms with Gasteiger partial charge < -0.3 is 15.1 Å². The molecule has 1 saturated heterocycles. The number of likely N-dealkylation sites (N-methyl/N-ethyl adjacent to an activating group) is 1. The second-order valence-corrected chi connectivity index (χ2v) is 5.49. The van der Waals surface area contributed by atoms with E-state index < -0.39 is 0 Å². The minimum atomic E-state index is -0.213. The monoisotopic (exact) mass is 290 g/mol. The summed E-state index contributed by atoms with van der Waals surface area (Å²) in [6, 6.07) is 3.69. The normalized spacial score (nSPS) is 20.0. The van der Waals surface area contributed by atoms with E-state index in [1.54, 1.807) is 18.1 Å². The van der Waals surface area contributed by atoms with Crippen molar-refractivity contribution in [1.29, 1.82) is 0 Å². The number of carbonyl (C=O) groups excluding carboxylic acids is 2. The summed E-state index contributed by atoms with van der Waals surface area (Å²) in [5.41, 5.74) is 1.33. The molecule has 1 aromatic heterocycles. The lowest BCUT2D eigenvalue weighted by Crippen LogP contribution is -2.41. The molecule has 21 heavy (non-hydrogen) atoms. The number of hydrogen-bond donors (Lipinski definition) is 1.